The highest BCUT2D eigenvalue weighted by molar-refractivity contribution is 6.04. The lowest BCUT2D eigenvalue weighted by atomic mass is 9.94. The lowest BCUT2D eigenvalue weighted by Gasteiger charge is -2.16. The molecular weight excluding hydrogens is 360 g/mol. The second kappa shape index (κ2) is 6.38. The summed E-state index contributed by atoms with van der Waals surface area (Å²) in [5.41, 5.74) is 0.648. The highest BCUT2D eigenvalue weighted by Crippen LogP contribution is 2.38. The molecule has 140 valence electrons. The summed E-state index contributed by atoms with van der Waals surface area (Å²) in [4.78, 5) is 31.1. The highest BCUT2D eigenvalue weighted by atomic mass is 16.4. The number of carboxylic acid groups (broad SMARTS) is 1. The smallest absolute Gasteiger partial charge is 0.338 e. The second-order valence-electron chi connectivity index (χ2n) is 6.54. The molecule has 2 aromatic carbocycles. The van der Waals surface area contributed by atoms with Crippen molar-refractivity contribution in [2.45, 2.75) is 0 Å². The third-order valence-corrected chi connectivity index (χ3v) is 4.54. The number of phenolic OH excluding ortho intramolecular Hbond substituents is 1. The van der Waals surface area contributed by atoms with Gasteiger partial charge in [0, 0.05) is 25.8 Å². The number of carbonyl (C=O) groups is 1. The van der Waals surface area contributed by atoms with Crippen molar-refractivity contribution in [2.24, 2.45) is 0 Å². The molecule has 0 amide bonds. The fourth-order valence-electron chi connectivity index (χ4n) is 3.16. The Labute approximate surface area is 159 Å². The van der Waals surface area contributed by atoms with Gasteiger partial charge in [0.05, 0.1) is 5.56 Å². The number of fused-ring (bicyclic) bond motifs is 2. The number of carboxylic acids is 1. The summed E-state index contributed by atoms with van der Waals surface area (Å²) < 4.78 is 5.73. The van der Waals surface area contributed by atoms with Crippen molar-refractivity contribution in [1.29, 1.82) is 0 Å². The molecule has 0 fully saturated rings. The topological polar surface area (TPSA) is 104 Å². The zero-order valence-corrected chi connectivity index (χ0v) is 15.1. The van der Waals surface area contributed by atoms with Gasteiger partial charge in [0.1, 0.15) is 16.8 Å². The molecule has 0 atom stereocenters. The van der Waals surface area contributed by atoms with Crippen LogP contribution in [0.4, 0.5) is 5.69 Å². The van der Waals surface area contributed by atoms with Crippen molar-refractivity contribution in [1.82, 2.24) is 4.98 Å². The molecule has 28 heavy (non-hydrogen) atoms. The number of aromatic hydroxyl groups is 1. The number of hydrogen-bond donors (Lipinski definition) is 2. The Morgan fingerprint density at radius 1 is 1.11 bits per heavy atom. The zero-order chi connectivity index (χ0) is 20.0. The summed E-state index contributed by atoms with van der Waals surface area (Å²) in [6.45, 7) is 0. The van der Waals surface area contributed by atoms with Gasteiger partial charge >= 0.3 is 5.97 Å². The molecule has 1 aliphatic heterocycles. The molecule has 2 N–H and O–H groups in total. The lowest BCUT2D eigenvalue weighted by Crippen LogP contribution is -2.16. The fourth-order valence-corrected chi connectivity index (χ4v) is 3.16. The summed E-state index contributed by atoms with van der Waals surface area (Å²) in [5.74, 6) is -2.23. The molecule has 0 saturated carbocycles. The van der Waals surface area contributed by atoms with E-state index in [0.717, 1.165) is 5.69 Å². The third kappa shape index (κ3) is 2.64. The average molecular weight is 376 g/mol. The van der Waals surface area contributed by atoms with Gasteiger partial charge in [-0.2, -0.15) is 0 Å². The van der Waals surface area contributed by atoms with Crippen LogP contribution in [0.1, 0.15) is 10.4 Å². The largest absolute Gasteiger partial charge is 0.501 e. The molecule has 0 saturated heterocycles. The second-order valence-corrected chi connectivity index (χ2v) is 6.54. The van der Waals surface area contributed by atoms with Gasteiger partial charge in [0.25, 0.3) is 0 Å². The van der Waals surface area contributed by atoms with Crippen LogP contribution in [-0.2, 0) is 0 Å². The Morgan fingerprint density at radius 3 is 2.46 bits per heavy atom. The van der Waals surface area contributed by atoms with Crippen LogP contribution in [0.2, 0.25) is 0 Å². The van der Waals surface area contributed by atoms with Crippen molar-refractivity contribution in [3.8, 4) is 28.3 Å². The number of benzene rings is 3. The Bertz CT molecular complexity index is 1250. The minimum atomic E-state index is -1.33. The van der Waals surface area contributed by atoms with E-state index in [1.807, 2.05) is 25.1 Å². The number of aromatic nitrogens is 1. The van der Waals surface area contributed by atoms with Crippen molar-refractivity contribution < 1.29 is 19.4 Å². The van der Waals surface area contributed by atoms with Crippen LogP contribution in [0.3, 0.4) is 0 Å². The first kappa shape index (κ1) is 17.5. The maximum absolute atomic E-state index is 12.8. The monoisotopic (exact) mass is 376 g/mol. The Kier molecular flexibility index (Phi) is 4.00. The molecule has 0 bridgehead atoms. The van der Waals surface area contributed by atoms with Crippen LogP contribution in [0, 0.1) is 0 Å². The summed E-state index contributed by atoms with van der Waals surface area (Å²) >= 11 is 0. The van der Waals surface area contributed by atoms with E-state index in [-0.39, 0.29) is 22.6 Å². The summed E-state index contributed by atoms with van der Waals surface area (Å²) in [6, 6.07) is 13.5. The van der Waals surface area contributed by atoms with Crippen molar-refractivity contribution in [2.75, 3.05) is 19.0 Å². The normalized spacial score (nSPS) is 11.1. The van der Waals surface area contributed by atoms with Gasteiger partial charge in [-0.05, 0) is 17.7 Å². The van der Waals surface area contributed by atoms with Gasteiger partial charge in [-0.3, -0.25) is 4.79 Å². The van der Waals surface area contributed by atoms with E-state index in [4.69, 9.17) is 4.42 Å². The molecule has 4 rings (SSSR count). The van der Waals surface area contributed by atoms with Gasteiger partial charge in [-0.1, -0.05) is 30.3 Å². The molecule has 0 aromatic heterocycles. The summed E-state index contributed by atoms with van der Waals surface area (Å²) in [6.07, 6.45) is 0. The van der Waals surface area contributed by atoms with Crippen molar-refractivity contribution >= 4 is 22.8 Å². The third-order valence-electron chi connectivity index (χ3n) is 4.54. The van der Waals surface area contributed by atoms with Crippen LogP contribution in [0.15, 0.2) is 57.7 Å². The summed E-state index contributed by atoms with van der Waals surface area (Å²) in [7, 11) is 3.72. The molecule has 0 spiro atoms. The van der Waals surface area contributed by atoms with E-state index in [2.05, 4.69) is 4.98 Å². The van der Waals surface area contributed by atoms with Crippen LogP contribution in [-0.4, -0.2) is 35.3 Å². The van der Waals surface area contributed by atoms with E-state index < -0.39 is 17.1 Å². The predicted molar refractivity (Wildman–Crippen MR) is 105 cm³/mol. The van der Waals surface area contributed by atoms with E-state index in [9.17, 15) is 19.8 Å². The predicted octanol–water partition coefficient (Wildman–Crippen LogP) is 3.43. The van der Waals surface area contributed by atoms with E-state index in [0.29, 0.717) is 16.7 Å². The van der Waals surface area contributed by atoms with E-state index >= 15 is 0 Å². The number of aromatic carboxylic acids is 1. The Hall–Kier alpha value is -3.87. The minimum Gasteiger partial charge on any atom is -0.501 e. The minimum absolute atomic E-state index is 0.0754. The molecule has 1 aliphatic carbocycles. The Morgan fingerprint density at radius 2 is 1.82 bits per heavy atom. The van der Waals surface area contributed by atoms with Gasteiger partial charge < -0.3 is 19.5 Å². The van der Waals surface area contributed by atoms with Gasteiger partial charge in [-0.15, -0.1) is 0 Å². The zero-order valence-electron chi connectivity index (χ0n) is 15.1. The summed E-state index contributed by atoms with van der Waals surface area (Å²) in [5, 5.41) is 20.3. The van der Waals surface area contributed by atoms with Crippen molar-refractivity contribution in [3.63, 3.8) is 0 Å². The molecule has 2 aliphatic rings. The number of rotatable bonds is 3. The first-order valence-electron chi connectivity index (χ1n) is 8.48. The van der Waals surface area contributed by atoms with Crippen LogP contribution >= 0.6 is 0 Å². The van der Waals surface area contributed by atoms with E-state index in [1.165, 1.54) is 0 Å². The molecule has 0 radical (unpaired) electrons. The lowest BCUT2D eigenvalue weighted by molar-refractivity contribution is 0.0698. The molecule has 1 heterocycles. The van der Waals surface area contributed by atoms with Crippen LogP contribution in [0.5, 0.6) is 5.75 Å². The van der Waals surface area contributed by atoms with Gasteiger partial charge in [-0.25, -0.2) is 9.78 Å². The molecular formula is C21H16N2O5. The first-order valence-corrected chi connectivity index (χ1v) is 8.48. The Balaban J connectivity index is 2.15. The quantitative estimate of drug-likeness (QED) is 0.528. The number of nitrogens with zero attached hydrogens (tertiary/aromatic N) is 2. The molecule has 7 nitrogen and oxygen atoms in total. The number of phenols is 1. The SMILES string of the molecule is CN(C)c1ccc2nc3c(C(=O)O)c(-c4ccccc4)c(=O)c(O)c-3oc2c1. The first-order chi connectivity index (χ1) is 13.4. The molecule has 2 aromatic rings. The standard InChI is InChI=1S/C21H16N2O5/c1-23(2)12-8-9-13-14(10-12)28-20-17(22-13)16(21(26)27)15(18(24)19(20)25)11-6-4-3-5-7-11/h3-10,25H,1-2H3,(H,26,27). The number of anilines is 1. The van der Waals surface area contributed by atoms with Gasteiger partial charge in [0.2, 0.25) is 11.2 Å². The maximum Gasteiger partial charge on any atom is 0.338 e. The highest BCUT2D eigenvalue weighted by Gasteiger charge is 2.30. The van der Waals surface area contributed by atoms with Crippen molar-refractivity contribution in [3.05, 3.63) is 64.3 Å². The number of hydrogen-bond acceptors (Lipinski definition) is 6. The van der Waals surface area contributed by atoms with E-state index in [1.54, 1.807) is 42.5 Å². The molecule has 7 heteroatoms. The average Bonchev–Trinajstić information content (AvgIpc) is 2.69. The maximum atomic E-state index is 12.8. The van der Waals surface area contributed by atoms with Crippen LogP contribution < -0.4 is 10.3 Å². The molecule has 0 unspecified atom stereocenters. The fraction of sp³-hybridized carbons (Fsp3) is 0.0952. The van der Waals surface area contributed by atoms with Crippen LogP contribution in [0.25, 0.3) is 33.7 Å². The van der Waals surface area contributed by atoms with Gasteiger partial charge in [0.15, 0.2) is 11.3 Å².